The van der Waals surface area contributed by atoms with Gasteiger partial charge in [0.15, 0.2) is 0 Å². The molecule has 1 amide bonds. The molecular weight excluding hydrogens is 264 g/mol. The minimum atomic E-state index is -0.142. The van der Waals surface area contributed by atoms with E-state index in [9.17, 15) is 4.79 Å². The molecule has 0 radical (unpaired) electrons. The SMILES string of the molecule is CCN(CCO)C(=O)c1ccc(Cl)c2cccnc12. The molecule has 0 aliphatic heterocycles. The molecule has 19 heavy (non-hydrogen) atoms. The smallest absolute Gasteiger partial charge is 0.256 e. The van der Waals surface area contributed by atoms with Crippen molar-refractivity contribution < 1.29 is 9.90 Å². The van der Waals surface area contributed by atoms with Crippen LogP contribution >= 0.6 is 11.6 Å². The monoisotopic (exact) mass is 278 g/mol. The third-order valence-electron chi connectivity index (χ3n) is 2.99. The third-order valence-corrected chi connectivity index (χ3v) is 3.32. The van der Waals surface area contributed by atoms with Gasteiger partial charge in [-0.25, -0.2) is 0 Å². The van der Waals surface area contributed by atoms with Crippen LogP contribution in [0.15, 0.2) is 30.5 Å². The Bertz CT molecular complexity index is 601. The highest BCUT2D eigenvalue weighted by atomic mass is 35.5. The topological polar surface area (TPSA) is 53.4 Å². The first-order valence-electron chi connectivity index (χ1n) is 6.12. The molecule has 0 saturated heterocycles. The van der Waals surface area contributed by atoms with Gasteiger partial charge in [-0.3, -0.25) is 9.78 Å². The number of nitrogens with zero attached hydrogens (tertiary/aromatic N) is 2. The highest BCUT2D eigenvalue weighted by Gasteiger charge is 2.17. The van der Waals surface area contributed by atoms with Crippen LogP contribution in [-0.4, -0.2) is 40.6 Å². The number of likely N-dealkylation sites (N-methyl/N-ethyl adjacent to an activating group) is 1. The predicted molar refractivity (Wildman–Crippen MR) is 75.4 cm³/mol. The van der Waals surface area contributed by atoms with Crippen molar-refractivity contribution in [2.75, 3.05) is 19.7 Å². The molecule has 0 bridgehead atoms. The average molecular weight is 279 g/mol. The van der Waals surface area contributed by atoms with Gasteiger partial charge in [-0.15, -0.1) is 0 Å². The maximum absolute atomic E-state index is 12.4. The van der Waals surface area contributed by atoms with E-state index in [1.807, 2.05) is 13.0 Å². The summed E-state index contributed by atoms with van der Waals surface area (Å²) in [5, 5.41) is 10.3. The minimum Gasteiger partial charge on any atom is -0.395 e. The van der Waals surface area contributed by atoms with Crippen LogP contribution in [0.3, 0.4) is 0 Å². The Morgan fingerprint density at radius 3 is 2.89 bits per heavy atom. The Morgan fingerprint density at radius 2 is 2.21 bits per heavy atom. The molecule has 0 aliphatic rings. The van der Waals surface area contributed by atoms with Crippen molar-refractivity contribution >= 4 is 28.4 Å². The number of hydrogen-bond donors (Lipinski definition) is 1. The summed E-state index contributed by atoms with van der Waals surface area (Å²) in [5.74, 6) is -0.142. The lowest BCUT2D eigenvalue weighted by Gasteiger charge is -2.20. The maximum Gasteiger partial charge on any atom is 0.256 e. The van der Waals surface area contributed by atoms with Gasteiger partial charge in [0.25, 0.3) is 5.91 Å². The third kappa shape index (κ3) is 2.69. The molecule has 1 aromatic heterocycles. The molecule has 0 spiro atoms. The van der Waals surface area contributed by atoms with Crippen molar-refractivity contribution in [2.24, 2.45) is 0 Å². The zero-order valence-electron chi connectivity index (χ0n) is 10.6. The Morgan fingerprint density at radius 1 is 1.42 bits per heavy atom. The molecule has 1 aromatic carbocycles. The van der Waals surface area contributed by atoms with Gasteiger partial charge < -0.3 is 10.0 Å². The molecule has 4 nitrogen and oxygen atoms in total. The van der Waals surface area contributed by atoms with Crippen LogP contribution in [0.5, 0.6) is 0 Å². The number of amides is 1. The van der Waals surface area contributed by atoms with Gasteiger partial charge in [-0.05, 0) is 31.2 Å². The number of rotatable bonds is 4. The molecule has 2 aromatic rings. The molecule has 5 heteroatoms. The summed E-state index contributed by atoms with van der Waals surface area (Å²) in [6.07, 6.45) is 1.64. The van der Waals surface area contributed by atoms with Crippen LogP contribution in [-0.2, 0) is 0 Å². The number of hydrogen-bond acceptors (Lipinski definition) is 3. The lowest BCUT2D eigenvalue weighted by molar-refractivity contribution is 0.0734. The molecule has 0 unspecified atom stereocenters. The molecule has 100 valence electrons. The second-order valence-electron chi connectivity index (χ2n) is 4.10. The molecule has 0 aliphatic carbocycles. The summed E-state index contributed by atoms with van der Waals surface area (Å²) >= 11 is 6.10. The van der Waals surface area contributed by atoms with Gasteiger partial charge in [0.2, 0.25) is 0 Å². The quantitative estimate of drug-likeness (QED) is 0.934. The zero-order chi connectivity index (χ0) is 13.8. The summed E-state index contributed by atoms with van der Waals surface area (Å²) in [5.41, 5.74) is 1.10. The highest BCUT2D eigenvalue weighted by Crippen LogP contribution is 2.25. The predicted octanol–water partition coefficient (Wildman–Crippen LogP) is 2.34. The standard InChI is InChI=1S/C14H15ClN2O2/c1-2-17(8-9-18)14(19)11-5-6-12(15)10-4-3-7-16-13(10)11/h3-7,18H,2,8-9H2,1H3. The Kier molecular flexibility index (Phi) is 4.35. The second-order valence-corrected chi connectivity index (χ2v) is 4.51. The summed E-state index contributed by atoms with van der Waals surface area (Å²) in [6.45, 7) is 2.67. The first kappa shape index (κ1) is 13.8. The van der Waals surface area contributed by atoms with E-state index in [1.54, 1.807) is 29.3 Å². The van der Waals surface area contributed by atoms with Gasteiger partial charge in [0.05, 0.1) is 22.7 Å². The van der Waals surface area contributed by atoms with Crippen molar-refractivity contribution in [2.45, 2.75) is 6.92 Å². The Balaban J connectivity index is 2.51. The first-order valence-corrected chi connectivity index (χ1v) is 6.50. The van der Waals surface area contributed by atoms with E-state index in [0.29, 0.717) is 29.2 Å². The van der Waals surface area contributed by atoms with Gasteiger partial charge in [-0.2, -0.15) is 0 Å². The van der Waals surface area contributed by atoms with Crippen LogP contribution in [0.2, 0.25) is 5.02 Å². The maximum atomic E-state index is 12.4. The van der Waals surface area contributed by atoms with Crippen molar-refractivity contribution in [1.82, 2.24) is 9.88 Å². The number of carbonyl (C=O) groups is 1. The molecule has 0 saturated carbocycles. The summed E-state index contributed by atoms with van der Waals surface area (Å²) < 4.78 is 0. The summed E-state index contributed by atoms with van der Waals surface area (Å²) in [4.78, 5) is 18.2. The van der Waals surface area contributed by atoms with Gasteiger partial charge in [0.1, 0.15) is 0 Å². The van der Waals surface area contributed by atoms with E-state index < -0.39 is 0 Å². The molecule has 0 fully saturated rings. The van der Waals surface area contributed by atoms with Crippen molar-refractivity contribution in [3.63, 3.8) is 0 Å². The van der Waals surface area contributed by atoms with E-state index in [4.69, 9.17) is 16.7 Å². The van der Waals surface area contributed by atoms with E-state index >= 15 is 0 Å². The zero-order valence-corrected chi connectivity index (χ0v) is 11.4. The summed E-state index contributed by atoms with van der Waals surface area (Å²) in [7, 11) is 0. The van der Waals surface area contributed by atoms with E-state index in [-0.39, 0.29) is 12.5 Å². The molecule has 2 rings (SSSR count). The fourth-order valence-corrected chi connectivity index (χ4v) is 2.22. The molecule has 1 N–H and O–H groups in total. The second kappa shape index (κ2) is 5.99. The average Bonchev–Trinajstić information content (AvgIpc) is 2.45. The molecule has 1 heterocycles. The van der Waals surface area contributed by atoms with Crippen LogP contribution in [0.1, 0.15) is 17.3 Å². The van der Waals surface area contributed by atoms with E-state index in [1.165, 1.54) is 0 Å². The summed E-state index contributed by atoms with van der Waals surface area (Å²) in [6, 6.07) is 7.00. The van der Waals surface area contributed by atoms with Crippen LogP contribution in [0.4, 0.5) is 0 Å². The number of benzene rings is 1. The number of fused-ring (bicyclic) bond motifs is 1. The number of pyridine rings is 1. The van der Waals surface area contributed by atoms with Crippen molar-refractivity contribution in [1.29, 1.82) is 0 Å². The van der Waals surface area contributed by atoms with Crippen molar-refractivity contribution in [3.05, 3.63) is 41.0 Å². The lowest BCUT2D eigenvalue weighted by atomic mass is 10.1. The number of halogens is 1. The van der Waals surface area contributed by atoms with E-state index in [0.717, 1.165) is 5.39 Å². The Hall–Kier alpha value is -1.65. The molecular formula is C14H15ClN2O2. The fraction of sp³-hybridized carbons (Fsp3) is 0.286. The van der Waals surface area contributed by atoms with Gasteiger partial charge >= 0.3 is 0 Å². The normalized spacial score (nSPS) is 10.7. The van der Waals surface area contributed by atoms with Crippen LogP contribution < -0.4 is 0 Å². The lowest BCUT2D eigenvalue weighted by Crippen LogP contribution is -2.33. The molecule has 0 atom stereocenters. The minimum absolute atomic E-state index is 0.0570. The van der Waals surface area contributed by atoms with Crippen LogP contribution in [0.25, 0.3) is 10.9 Å². The largest absolute Gasteiger partial charge is 0.395 e. The van der Waals surface area contributed by atoms with Gasteiger partial charge in [0, 0.05) is 24.7 Å². The first-order chi connectivity index (χ1) is 9.19. The Labute approximate surface area is 116 Å². The number of carbonyl (C=O) groups excluding carboxylic acids is 1. The number of aliphatic hydroxyl groups is 1. The van der Waals surface area contributed by atoms with E-state index in [2.05, 4.69) is 4.98 Å². The highest BCUT2D eigenvalue weighted by molar-refractivity contribution is 6.36. The van der Waals surface area contributed by atoms with Crippen molar-refractivity contribution in [3.8, 4) is 0 Å². The number of aromatic nitrogens is 1. The van der Waals surface area contributed by atoms with Gasteiger partial charge in [-0.1, -0.05) is 11.6 Å². The number of aliphatic hydroxyl groups excluding tert-OH is 1. The van der Waals surface area contributed by atoms with Crippen LogP contribution in [0, 0.1) is 0 Å². The fourth-order valence-electron chi connectivity index (χ4n) is 2.00.